The molecule has 0 unspecified atom stereocenters. The molecule has 0 atom stereocenters. The highest BCUT2D eigenvalue weighted by Crippen LogP contribution is 2.15. The Morgan fingerprint density at radius 2 is 2.05 bits per heavy atom. The lowest BCUT2D eigenvalue weighted by atomic mass is 10.2. The number of anilines is 1. The third-order valence-electron chi connectivity index (χ3n) is 2.51. The quantitative estimate of drug-likeness (QED) is 0.518. The van der Waals surface area contributed by atoms with Gasteiger partial charge in [-0.1, -0.05) is 6.07 Å². The van der Waals surface area contributed by atoms with Gasteiger partial charge in [0.05, 0.1) is 16.3 Å². The average Bonchev–Trinajstić information content (AvgIpc) is 2.46. The van der Waals surface area contributed by atoms with Gasteiger partial charge in [0, 0.05) is 30.1 Å². The molecule has 6 nitrogen and oxygen atoms in total. The van der Waals surface area contributed by atoms with E-state index in [0.717, 1.165) is 11.3 Å². The largest absolute Gasteiger partial charge is 0.278 e. The maximum absolute atomic E-state index is 10.5. The van der Waals surface area contributed by atoms with Crippen LogP contribution in [0.5, 0.6) is 0 Å². The van der Waals surface area contributed by atoms with E-state index in [4.69, 9.17) is 0 Å². The lowest BCUT2D eigenvalue weighted by Gasteiger charge is -2.03. The van der Waals surface area contributed by atoms with Gasteiger partial charge in [0.15, 0.2) is 0 Å². The lowest BCUT2D eigenvalue weighted by Crippen LogP contribution is -2.00. The normalized spacial score (nSPS) is 11.1. The number of non-ortho nitro benzene ring substituents is 1. The first kappa shape index (κ1) is 12.7. The summed E-state index contributed by atoms with van der Waals surface area (Å²) in [5.74, 6) is 0. The number of benzene rings is 1. The summed E-state index contributed by atoms with van der Waals surface area (Å²) in [6, 6.07) is 9.81. The molecule has 19 heavy (non-hydrogen) atoms. The molecule has 2 aromatic rings. The predicted octanol–water partition coefficient (Wildman–Crippen LogP) is 2.83. The van der Waals surface area contributed by atoms with E-state index in [1.807, 2.05) is 19.1 Å². The van der Waals surface area contributed by atoms with E-state index in [1.54, 1.807) is 24.5 Å². The zero-order chi connectivity index (χ0) is 13.7. The van der Waals surface area contributed by atoms with Crippen LogP contribution in [-0.2, 0) is 0 Å². The van der Waals surface area contributed by atoms with Crippen LogP contribution in [0.1, 0.15) is 12.5 Å². The molecule has 0 bridgehead atoms. The first-order valence-corrected chi connectivity index (χ1v) is 5.62. The van der Waals surface area contributed by atoms with E-state index in [0.29, 0.717) is 5.69 Å². The molecular formula is C13H12N4O2. The molecule has 0 spiro atoms. The first-order valence-electron chi connectivity index (χ1n) is 5.62. The van der Waals surface area contributed by atoms with Crippen LogP contribution in [0.2, 0.25) is 0 Å². The molecule has 2 rings (SSSR count). The van der Waals surface area contributed by atoms with E-state index in [1.165, 1.54) is 12.1 Å². The molecule has 0 aliphatic heterocycles. The number of rotatable bonds is 4. The summed E-state index contributed by atoms with van der Waals surface area (Å²) in [4.78, 5) is 14.1. The Labute approximate surface area is 110 Å². The van der Waals surface area contributed by atoms with Crippen LogP contribution in [0.15, 0.2) is 53.9 Å². The van der Waals surface area contributed by atoms with Crippen LogP contribution >= 0.6 is 0 Å². The van der Waals surface area contributed by atoms with Crippen LogP contribution in [0.3, 0.4) is 0 Å². The van der Waals surface area contributed by atoms with Gasteiger partial charge in [-0.25, -0.2) is 0 Å². The molecule has 0 amide bonds. The van der Waals surface area contributed by atoms with Crippen molar-refractivity contribution in [2.75, 3.05) is 5.43 Å². The van der Waals surface area contributed by atoms with E-state index < -0.39 is 4.92 Å². The summed E-state index contributed by atoms with van der Waals surface area (Å²) in [7, 11) is 0. The zero-order valence-corrected chi connectivity index (χ0v) is 10.3. The standard InChI is InChI=1S/C13H12N4O2/c1-10(11-3-2-8-14-9-11)15-16-12-4-6-13(7-5-12)17(18)19/h2-9,16H,1H3/b15-10+. The van der Waals surface area contributed by atoms with Gasteiger partial charge in [0.2, 0.25) is 0 Å². The van der Waals surface area contributed by atoms with Crippen molar-refractivity contribution in [3.8, 4) is 0 Å². The molecule has 1 heterocycles. The second kappa shape index (κ2) is 5.72. The summed E-state index contributed by atoms with van der Waals surface area (Å²) in [6.07, 6.45) is 3.41. The minimum absolute atomic E-state index is 0.0542. The van der Waals surface area contributed by atoms with Crippen LogP contribution in [0.4, 0.5) is 11.4 Å². The zero-order valence-electron chi connectivity index (χ0n) is 10.3. The predicted molar refractivity (Wildman–Crippen MR) is 73.2 cm³/mol. The Morgan fingerprint density at radius 3 is 2.63 bits per heavy atom. The number of hydrogen-bond donors (Lipinski definition) is 1. The van der Waals surface area contributed by atoms with Crippen molar-refractivity contribution < 1.29 is 4.92 Å². The van der Waals surface area contributed by atoms with Gasteiger partial charge in [-0.2, -0.15) is 5.10 Å². The number of hydrogen-bond acceptors (Lipinski definition) is 5. The molecule has 0 radical (unpaired) electrons. The van der Waals surface area contributed by atoms with Crippen molar-refractivity contribution in [1.29, 1.82) is 0 Å². The minimum Gasteiger partial charge on any atom is -0.278 e. The number of nitro groups is 1. The van der Waals surface area contributed by atoms with E-state index in [-0.39, 0.29) is 5.69 Å². The van der Waals surface area contributed by atoms with Crippen LogP contribution < -0.4 is 5.43 Å². The van der Waals surface area contributed by atoms with Gasteiger partial charge in [-0.15, -0.1) is 0 Å². The Kier molecular flexibility index (Phi) is 3.82. The van der Waals surface area contributed by atoms with Crippen molar-refractivity contribution in [3.05, 3.63) is 64.5 Å². The summed E-state index contributed by atoms with van der Waals surface area (Å²) in [6.45, 7) is 1.86. The van der Waals surface area contributed by atoms with Crippen LogP contribution in [-0.4, -0.2) is 15.6 Å². The van der Waals surface area contributed by atoms with Crippen LogP contribution in [0.25, 0.3) is 0 Å². The van der Waals surface area contributed by atoms with E-state index in [2.05, 4.69) is 15.5 Å². The number of aromatic nitrogens is 1. The molecular weight excluding hydrogens is 244 g/mol. The van der Waals surface area contributed by atoms with Gasteiger partial charge in [-0.3, -0.25) is 20.5 Å². The van der Waals surface area contributed by atoms with Gasteiger partial charge in [0.1, 0.15) is 0 Å². The Morgan fingerprint density at radius 1 is 1.32 bits per heavy atom. The fourth-order valence-corrected chi connectivity index (χ4v) is 1.45. The summed E-state index contributed by atoms with van der Waals surface area (Å²) in [5.41, 5.74) is 5.29. The van der Waals surface area contributed by atoms with E-state index in [9.17, 15) is 10.1 Å². The Balaban J connectivity index is 2.08. The molecule has 1 aromatic heterocycles. The minimum atomic E-state index is -0.437. The van der Waals surface area contributed by atoms with Crippen LogP contribution in [0, 0.1) is 10.1 Å². The monoisotopic (exact) mass is 256 g/mol. The lowest BCUT2D eigenvalue weighted by molar-refractivity contribution is -0.384. The molecule has 0 aliphatic carbocycles. The SMILES string of the molecule is C/C(=N\Nc1ccc([N+](=O)[O-])cc1)c1cccnc1. The molecule has 0 saturated heterocycles. The Hall–Kier alpha value is -2.76. The molecule has 6 heteroatoms. The Bertz CT molecular complexity index is 594. The number of nitro benzene ring substituents is 1. The fourth-order valence-electron chi connectivity index (χ4n) is 1.45. The van der Waals surface area contributed by atoms with Crippen molar-refractivity contribution in [2.24, 2.45) is 5.10 Å². The van der Waals surface area contributed by atoms with Crippen molar-refractivity contribution >= 4 is 17.1 Å². The number of nitrogens with one attached hydrogen (secondary N) is 1. The number of nitrogens with zero attached hydrogens (tertiary/aromatic N) is 3. The molecule has 0 saturated carbocycles. The van der Waals surface area contributed by atoms with Gasteiger partial charge < -0.3 is 0 Å². The summed E-state index contributed by atoms with van der Waals surface area (Å²) in [5, 5.41) is 14.7. The molecule has 0 aliphatic rings. The highest BCUT2D eigenvalue weighted by Gasteiger charge is 2.03. The van der Waals surface area contributed by atoms with Gasteiger partial charge >= 0.3 is 0 Å². The second-order valence-corrected chi connectivity index (χ2v) is 3.85. The van der Waals surface area contributed by atoms with Crippen molar-refractivity contribution in [1.82, 2.24) is 4.98 Å². The fraction of sp³-hybridized carbons (Fsp3) is 0.0769. The molecule has 1 aromatic carbocycles. The smallest absolute Gasteiger partial charge is 0.269 e. The first-order chi connectivity index (χ1) is 9.16. The maximum atomic E-state index is 10.5. The average molecular weight is 256 g/mol. The third kappa shape index (κ3) is 3.35. The third-order valence-corrected chi connectivity index (χ3v) is 2.51. The highest BCUT2D eigenvalue weighted by molar-refractivity contribution is 5.98. The molecule has 0 fully saturated rings. The van der Waals surface area contributed by atoms with Gasteiger partial charge in [0.25, 0.3) is 5.69 Å². The van der Waals surface area contributed by atoms with Crippen molar-refractivity contribution in [2.45, 2.75) is 6.92 Å². The van der Waals surface area contributed by atoms with E-state index >= 15 is 0 Å². The summed E-state index contributed by atoms with van der Waals surface area (Å²) >= 11 is 0. The summed E-state index contributed by atoms with van der Waals surface area (Å²) < 4.78 is 0. The molecule has 1 N–H and O–H groups in total. The van der Waals surface area contributed by atoms with Gasteiger partial charge in [-0.05, 0) is 25.1 Å². The number of pyridine rings is 1. The maximum Gasteiger partial charge on any atom is 0.269 e. The van der Waals surface area contributed by atoms with Crippen molar-refractivity contribution in [3.63, 3.8) is 0 Å². The second-order valence-electron chi connectivity index (χ2n) is 3.85. The molecule has 96 valence electrons. The highest BCUT2D eigenvalue weighted by atomic mass is 16.6. The topological polar surface area (TPSA) is 80.4 Å². The number of hydrazone groups is 1.